The number of hydrogen-bond donors (Lipinski definition) is 0. The Hall–Kier alpha value is -2.24. The molecule has 0 spiro atoms. The van der Waals surface area contributed by atoms with Crippen LogP contribution >= 0.6 is 0 Å². The summed E-state index contributed by atoms with van der Waals surface area (Å²) in [6, 6.07) is 3.89. The Morgan fingerprint density at radius 2 is 2.04 bits per heavy atom. The number of pyridine rings is 1. The van der Waals surface area contributed by atoms with Gasteiger partial charge >= 0.3 is 0 Å². The van der Waals surface area contributed by atoms with Crippen molar-refractivity contribution >= 4 is 5.91 Å². The van der Waals surface area contributed by atoms with E-state index in [1.807, 2.05) is 24.0 Å². The lowest BCUT2D eigenvalue weighted by molar-refractivity contribution is 0.0581. The van der Waals surface area contributed by atoms with Gasteiger partial charge in [0.2, 0.25) is 11.8 Å². The fourth-order valence-corrected chi connectivity index (χ4v) is 3.50. The Kier molecular flexibility index (Phi) is 4.88. The van der Waals surface area contributed by atoms with Crippen LogP contribution in [-0.4, -0.2) is 38.6 Å². The van der Waals surface area contributed by atoms with Crippen LogP contribution in [0, 0.1) is 13.8 Å². The fraction of sp³-hybridized carbons (Fsp3) is 0.579. The highest BCUT2D eigenvalue weighted by Gasteiger charge is 2.35. The minimum absolute atomic E-state index is 0.0188. The number of rotatable bonds is 3. The highest BCUT2D eigenvalue weighted by atomic mass is 16.4. The molecule has 1 fully saturated rings. The standard InChI is InChI=1S/C19H26N4O2/c1-11(2)17-9-8-15(12(3)20-17)19(24)23-10-6-7-16(13(23)4)18-22-21-14(5)25-18/h8-9,11,13,16H,6-7,10H2,1-5H3/t13-,16-/m0/s1. The Morgan fingerprint density at radius 1 is 1.28 bits per heavy atom. The van der Waals surface area contributed by atoms with Gasteiger partial charge in [-0.25, -0.2) is 0 Å². The zero-order chi connectivity index (χ0) is 18.1. The number of carbonyl (C=O) groups excluding carboxylic acids is 1. The van der Waals surface area contributed by atoms with Crippen molar-refractivity contribution < 1.29 is 9.21 Å². The maximum atomic E-state index is 13.1. The van der Waals surface area contributed by atoms with E-state index in [0.29, 0.717) is 23.3 Å². The predicted octanol–water partition coefficient (Wildman–Crippen LogP) is 3.61. The highest BCUT2D eigenvalue weighted by molar-refractivity contribution is 5.95. The number of nitrogens with zero attached hydrogens (tertiary/aromatic N) is 4. The smallest absolute Gasteiger partial charge is 0.255 e. The van der Waals surface area contributed by atoms with Gasteiger partial charge in [0.25, 0.3) is 5.91 Å². The molecule has 1 aliphatic heterocycles. The highest BCUT2D eigenvalue weighted by Crippen LogP contribution is 2.33. The summed E-state index contributed by atoms with van der Waals surface area (Å²) >= 11 is 0. The second kappa shape index (κ2) is 6.94. The van der Waals surface area contributed by atoms with Crippen LogP contribution in [0.15, 0.2) is 16.5 Å². The van der Waals surface area contributed by atoms with E-state index in [9.17, 15) is 4.79 Å². The molecule has 1 amide bonds. The summed E-state index contributed by atoms with van der Waals surface area (Å²) in [4.78, 5) is 19.6. The van der Waals surface area contributed by atoms with Crippen molar-refractivity contribution in [3.63, 3.8) is 0 Å². The molecule has 0 bridgehead atoms. The quantitative estimate of drug-likeness (QED) is 0.852. The Bertz CT molecular complexity index is 769. The van der Waals surface area contributed by atoms with Crippen molar-refractivity contribution in [1.82, 2.24) is 20.1 Å². The van der Waals surface area contributed by atoms with Crippen LogP contribution in [0.2, 0.25) is 0 Å². The van der Waals surface area contributed by atoms with Crippen molar-refractivity contribution in [2.75, 3.05) is 6.54 Å². The maximum Gasteiger partial charge on any atom is 0.255 e. The van der Waals surface area contributed by atoms with Crippen LogP contribution < -0.4 is 0 Å². The molecule has 2 atom stereocenters. The average Bonchev–Trinajstić information content (AvgIpc) is 3.00. The van der Waals surface area contributed by atoms with Crippen molar-refractivity contribution in [2.45, 2.75) is 65.3 Å². The van der Waals surface area contributed by atoms with Crippen molar-refractivity contribution in [2.24, 2.45) is 0 Å². The van der Waals surface area contributed by atoms with Crippen molar-refractivity contribution in [3.8, 4) is 0 Å². The summed E-state index contributed by atoms with van der Waals surface area (Å²) in [6.07, 6.45) is 1.88. The van der Waals surface area contributed by atoms with Gasteiger partial charge in [-0.15, -0.1) is 10.2 Å². The number of aryl methyl sites for hydroxylation is 2. The molecule has 0 aliphatic carbocycles. The molecule has 0 unspecified atom stereocenters. The average molecular weight is 342 g/mol. The van der Waals surface area contributed by atoms with Gasteiger partial charge in [-0.1, -0.05) is 13.8 Å². The first-order valence-electron chi connectivity index (χ1n) is 8.97. The van der Waals surface area contributed by atoms with Gasteiger partial charge in [-0.3, -0.25) is 9.78 Å². The van der Waals surface area contributed by atoms with E-state index in [2.05, 4.69) is 36.0 Å². The molecule has 2 aromatic heterocycles. The first-order chi connectivity index (χ1) is 11.9. The van der Waals surface area contributed by atoms with Crippen LogP contribution in [0.3, 0.4) is 0 Å². The normalized spacial score (nSPS) is 21.0. The minimum atomic E-state index is 0.0188. The van der Waals surface area contributed by atoms with Crippen molar-refractivity contribution in [3.05, 3.63) is 40.9 Å². The van der Waals surface area contributed by atoms with E-state index in [-0.39, 0.29) is 17.9 Å². The third-order valence-electron chi connectivity index (χ3n) is 5.04. The minimum Gasteiger partial charge on any atom is -0.425 e. The maximum absolute atomic E-state index is 13.1. The van der Waals surface area contributed by atoms with Crippen LogP contribution in [0.25, 0.3) is 0 Å². The van der Waals surface area contributed by atoms with E-state index >= 15 is 0 Å². The Morgan fingerprint density at radius 3 is 2.64 bits per heavy atom. The molecular weight excluding hydrogens is 316 g/mol. The van der Waals surface area contributed by atoms with Gasteiger partial charge < -0.3 is 9.32 Å². The molecule has 1 aliphatic rings. The molecule has 2 aromatic rings. The van der Waals surface area contributed by atoms with Gasteiger partial charge in [0.15, 0.2) is 0 Å². The van der Waals surface area contributed by atoms with E-state index < -0.39 is 0 Å². The summed E-state index contributed by atoms with van der Waals surface area (Å²) in [6.45, 7) is 10.7. The third-order valence-corrected chi connectivity index (χ3v) is 5.04. The van der Waals surface area contributed by atoms with E-state index in [1.165, 1.54) is 0 Å². The molecule has 25 heavy (non-hydrogen) atoms. The van der Waals surface area contributed by atoms with E-state index in [0.717, 1.165) is 30.8 Å². The molecule has 0 aromatic carbocycles. The fourth-order valence-electron chi connectivity index (χ4n) is 3.50. The molecular formula is C19H26N4O2. The summed E-state index contributed by atoms with van der Waals surface area (Å²) in [5.74, 6) is 1.67. The molecule has 134 valence electrons. The number of carbonyl (C=O) groups is 1. The number of amides is 1. The van der Waals surface area contributed by atoms with Gasteiger partial charge in [0.05, 0.1) is 17.2 Å². The lowest BCUT2D eigenvalue weighted by Crippen LogP contribution is -2.46. The summed E-state index contributed by atoms with van der Waals surface area (Å²) in [5, 5.41) is 8.10. The number of hydrogen-bond acceptors (Lipinski definition) is 5. The largest absolute Gasteiger partial charge is 0.425 e. The number of piperidine rings is 1. The lowest BCUT2D eigenvalue weighted by Gasteiger charge is -2.38. The molecule has 1 saturated heterocycles. The van der Waals surface area contributed by atoms with Crippen LogP contribution in [-0.2, 0) is 0 Å². The number of aromatic nitrogens is 3. The summed E-state index contributed by atoms with van der Waals surface area (Å²) < 4.78 is 5.62. The molecule has 6 heteroatoms. The van der Waals surface area contributed by atoms with Gasteiger partial charge in [0, 0.05) is 25.2 Å². The monoisotopic (exact) mass is 342 g/mol. The molecule has 0 radical (unpaired) electrons. The van der Waals surface area contributed by atoms with Crippen LogP contribution in [0.1, 0.15) is 79.0 Å². The predicted molar refractivity (Wildman–Crippen MR) is 94.6 cm³/mol. The Labute approximate surface area is 148 Å². The first-order valence-corrected chi connectivity index (χ1v) is 8.97. The van der Waals surface area contributed by atoms with Crippen molar-refractivity contribution in [1.29, 1.82) is 0 Å². The SMILES string of the molecule is Cc1nnc([C@H]2CCCN(C(=O)c3ccc(C(C)C)nc3C)[C@H]2C)o1. The van der Waals surface area contributed by atoms with Crippen LogP contribution in [0.4, 0.5) is 0 Å². The Balaban J connectivity index is 1.84. The first kappa shape index (κ1) is 17.6. The summed E-state index contributed by atoms with van der Waals surface area (Å²) in [7, 11) is 0. The van der Waals surface area contributed by atoms with E-state index in [4.69, 9.17) is 4.42 Å². The summed E-state index contributed by atoms with van der Waals surface area (Å²) in [5.41, 5.74) is 2.48. The molecule has 3 rings (SSSR count). The molecule has 3 heterocycles. The molecule has 0 saturated carbocycles. The number of likely N-dealkylation sites (tertiary alicyclic amines) is 1. The molecule has 0 N–H and O–H groups in total. The van der Waals surface area contributed by atoms with Crippen LogP contribution in [0.5, 0.6) is 0 Å². The zero-order valence-corrected chi connectivity index (χ0v) is 15.6. The second-order valence-corrected chi connectivity index (χ2v) is 7.17. The lowest BCUT2D eigenvalue weighted by atomic mass is 9.89. The van der Waals surface area contributed by atoms with Gasteiger partial charge in [-0.2, -0.15) is 0 Å². The van der Waals surface area contributed by atoms with Gasteiger partial charge in [0.1, 0.15) is 0 Å². The van der Waals surface area contributed by atoms with Gasteiger partial charge in [-0.05, 0) is 44.7 Å². The topological polar surface area (TPSA) is 72.1 Å². The van der Waals surface area contributed by atoms with E-state index in [1.54, 1.807) is 6.92 Å². The zero-order valence-electron chi connectivity index (χ0n) is 15.6. The molecule has 6 nitrogen and oxygen atoms in total. The third kappa shape index (κ3) is 3.43. The second-order valence-electron chi connectivity index (χ2n) is 7.17.